The molecule has 120 valence electrons. The lowest BCUT2D eigenvalue weighted by Gasteiger charge is -2.14. The predicted octanol–water partition coefficient (Wildman–Crippen LogP) is 2.22. The minimum absolute atomic E-state index is 0.420. The van der Waals surface area contributed by atoms with E-state index in [0.29, 0.717) is 11.7 Å². The average Bonchev–Trinajstić information content (AvgIpc) is 3.16. The summed E-state index contributed by atoms with van der Waals surface area (Å²) in [7, 11) is 0. The fourth-order valence-electron chi connectivity index (χ4n) is 2.45. The molecular formula is C16H21N7. The van der Waals surface area contributed by atoms with E-state index in [-0.39, 0.29) is 0 Å². The van der Waals surface area contributed by atoms with Gasteiger partial charge in [0.1, 0.15) is 5.82 Å². The van der Waals surface area contributed by atoms with E-state index in [1.807, 2.05) is 23.9 Å². The SMILES string of the molecule is Cc1cc(C)n(C[C@@H](C)CNc2cncc(-n3cccn3)n2)n1. The number of nitrogens with zero attached hydrogens (tertiary/aromatic N) is 6. The van der Waals surface area contributed by atoms with Gasteiger partial charge in [0.05, 0.1) is 18.1 Å². The third kappa shape index (κ3) is 3.74. The minimum Gasteiger partial charge on any atom is -0.368 e. The Kier molecular flexibility index (Phi) is 4.36. The van der Waals surface area contributed by atoms with Crippen molar-refractivity contribution < 1.29 is 0 Å². The smallest absolute Gasteiger partial charge is 0.173 e. The highest BCUT2D eigenvalue weighted by Gasteiger charge is 2.08. The number of hydrogen-bond donors (Lipinski definition) is 1. The zero-order valence-electron chi connectivity index (χ0n) is 13.6. The molecule has 0 bridgehead atoms. The van der Waals surface area contributed by atoms with E-state index in [2.05, 4.69) is 45.4 Å². The molecule has 0 aromatic carbocycles. The van der Waals surface area contributed by atoms with Crippen LogP contribution in [0.15, 0.2) is 36.9 Å². The Morgan fingerprint density at radius 1 is 1.26 bits per heavy atom. The number of nitrogens with one attached hydrogen (secondary N) is 1. The second-order valence-electron chi connectivity index (χ2n) is 5.81. The molecule has 0 radical (unpaired) electrons. The Bertz CT molecular complexity index is 761. The van der Waals surface area contributed by atoms with Crippen molar-refractivity contribution in [2.45, 2.75) is 27.3 Å². The molecule has 0 aliphatic rings. The van der Waals surface area contributed by atoms with Crippen LogP contribution in [0.1, 0.15) is 18.3 Å². The van der Waals surface area contributed by atoms with Gasteiger partial charge >= 0.3 is 0 Å². The van der Waals surface area contributed by atoms with E-state index in [1.165, 1.54) is 5.69 Å². The first-order valence-corrected chi connectivity index (χ1v) is 7.69. The number of hydrogen-bond acceptors (Lipinski definition) is 5. The summed E-state index contributed by atoms with van der Waals surface area (Å²) in [6.45, 7) is 7.96. The standard InChI is InChI=1S/C16H21N7/c1-12(11-23-14(3)7-13(2)21-23)8-18-15-9-17-10-16(20-15)22-6-4-5-19-22/h4-7,9-10,12H,8,11H2,1-3H3,(H,18,20)/t12-/m0/s1. The molecule has 0 amide bonds. The number of aryl methyl sites for hydroxylation is 2. The number of anilines is 1. The maximum absolute atomic E-state index is 4.52. The Balaban J connectivity index is 1.60. The summed E-state index contributed by atoms with van der Waals surface area (Å²) >= 11 is 0. The summed E-state index contributed by atoms with van der Waals surface area (Å²) in [4.78, 5) is 8.74. The van der Waals surface area contributed by atoms with E-state index in [9.17, 15) is 0 Å². The molecule has 1 N–H and O–H groups in total. The van der Waals surface area contributed by atoms with Crippen LogP contribution in [0.3, 0.4) is 0 Å². The molecule has 0 saturated heterocycles. The summed E-state index contributed by atoms with van der Waals surface area (Å²) in [6.07, 6.45) is 6.98. The van der Waals surface area contributed by atoms with Crippen LogP contribution in [0.2, 0.25) is 0 Å². The summed E-state index contributed by atoms with van der Waals surface area (Å²) < 4.78 is 3.74. The zero-order chi connectivity index (χ0) is 16.2. The molecule has 3 aromatic heterocycles. The van der Waals surface area contributed by atoms with Gasteiger partial charge in [0.25, 0.3) is 0 Å². The molecule has 0 saturated carbocycles. The van der Waals surface area contributed by atoms with Crippen LogP contribution in [-0.4, -0.2) is 36.1 Å². The highest BCUT2D eigenvalue weighted by Crippen LogP contribution is 2.09. The zero-order valence-corrected chi connectivity index (χ0v) is 13.6. The third-order valence-electron chi connectivity index (χ3n) is 3.58. The maximum atomic E-state index is 4.52. The van der Waals surface area contributed by atoms with Crippen molar-refractivity contribution in [3.05, 3.63) is 48.3 Å². The topological polar surface area (TPSA) is 73.5 Å². The lowest BCUT2D eigenvalue weighted by atomic mass is 10.2. The highest BCUT2D eigenvalue weighted by molar-refractivity contribution is 5.35. The second-order valence-corrected chi connectivity index (χ2v) is 5.81. The fraction of sp³-hybridized carbons (Fsp3) is 0.375. The summed E-state index contributed by atoms with van der Waals surface area (Å²) in [6, 6.07) is 3.96. The lowest BCUT2D eigenvalue weighted by molar-refractivity contribution is 0.458. The number of aromatic nitrogens is 6. The van der Waals surface area contributed by atoms with Gasteiger partial charge in [-0.2, -0.15) is 10.2 Å². The van der Waals surface area contributed by atoms with Gasteiger partial charge in [-0.25, -0.2) is 9.67 Å². The van der Waals surface area contributed by atoms with Gasteiger partial charge in [-0.3, -0.25) is 9.67 Å². The monoisotopic (exact) mass is 311 g/mol. The summed E-state index contributed by atoms with van der Waals surface area (Å²) in [5, 5.41) is 12.0. The van der Waals surface area contributed by atoms with Crippen molar-refractivity contribution >= 4 is 5.82 Å². The first-order chi connectivity index (χ1) is 11.1. The van der Waals surface area contributed by atoms with Crippen LogP contribution in [0.25, 0.3) is 5.82 Å². The minimum atomic E-state index is 0.420. The molecular weight excluding hydrogens is 290 g/mol. The molecule has 0 spiro atoms. The van der Waals surface area contributed by atoms with Crippen LogP contribution in [-0.2, 0) is 6.54 Å². The molecule has 0 fully saturated rings. The third-order valence-corrected chi connectivity index (χ3v) is 3.58. The Labute approximate surface area is 135 Å². The van der Waals surface area contributed by atoms with Gasteiger partial charge in [-0.05, 0) is 31.9 Å². The van der Waals surface area contributed by atoms with Gasteiger partial charge in [0, 0.05) is 31.2 Å². The first kappa shape index (κ1) is 15.2. The average molecular weight is 311 g/mol. The molecule has 0 aliphatic carbocycles. The largest absolute Gasteiger partial charge is 0.368 e. The van der Waals surface area contributed by atoms with Crippen molar-refractivity contribution in [3.63, 3.8) is 0 Å². The molecule has 3 heterocycles. The Morgan fingerprint density at radius 2 is 2.13 bits per heavy atom. The van der Waals surface area contributed by atoms with Crippen LogP contribution in [0.5, 0.6) is 0 Å². The van der Waals surface area contributed by atoms with Crippen LogP contribution in [0.4, 0.5) is 5.82 Å². The van der Waals surface area contributed by atoms with Crippen molar-refractivity contribution in [2.75, 3.05) is 11.9 Å². The quantitative estimate of drug-likeness (QED) is 0.755. The van der Waals surface area contributed by atoms with Gasteiger partial charge in [-0.15, -0.1) is 0 Å². The molecule has 7 nitrogen and oxygen atoms in total. The highest BCUT2D eigenvalue weighted by atomic mass is 15.3. The molecule has 0 aliphatic heterocycles. The second kappa shape index (κ2) is 6.60. The molecule has 23 heavy (non-hydrogen) atoms. The van der Waals surface area contributed by atoms with Crippen LogP contribution >= 0.6 is 0 Å². The van der Waals surface area contributed by atoms with Crippen LogP contribution in [0, 0.1) is 19.8 Å². The first-order valence-electron chi connectivity index (χ1n) is 7.69. The Hall–Kier alpha value is -2.70. The van der Waals surface area contributed by atoms with Gasteiger partial charge in [0.15, 0.2) is 5.82 Å². The lowest BCUT2D eigenvalue weighted by Crippen LogP contribution is -2.19. The maximum Gasteiger partial charge on any atom is 0.173 e. The predicted molar refractivity (Wildman–Crippen MR) is 88.5 cm³/mol. The van der Waals surface area contributed by atoms with E-state index in [1.54, 1.807) is 23.3 Å². The van der Waals surface area contributed by atoms with Gasteiger partial charge in [0.2, 0.25) is 0 Å². The summed E-state index contributed by atoms with van der Waals surface area (Å²) in [5.74, 6) is 1.87. The van der Waals surface area contributed by atoms with E-state index in [0.717, 1.165) is 24.6 Å². The van der Waals surface area contributed by atoms with E-state index in [4.69, 9.17) is 0 Å². The van der Waals surface area contributed by atoms with E-state index < -0.39 is 0 Å². The van der Waals surface area contributed by atoms with Crippen molar-refractivity contribution in [1.29, 1.82) is 0 Å². The Morgan fingerprint density at radius 3 is 2.83 bits per heavy atom. The van der Waals surface area contributed by atoms with Gasteiger partial charge in [-0.1, -0.05) is 6.92 Å². The molecule has 3 aromatic rings. The van der Waals surface area contributed by atoms with Crippen molar-refractivity contribution in [1.82, 2.24) is 29.5 Å². The van der Waals surface area contributed by atoms with Crippen LogP contribution < -0.4 is 5.32 Å². The summed E-state index contributed by atoms with van der Waals surface area (Å²) in [5.41, 5.74) is 2.25. The molecule has 0 unspecified atom stereocenters. The van der Waals surface area contributed by atoms with Crippen molar-refractivity contribution in [2.24, 2.45) is 5.92 Å². The molecule has 7 heteroatoms. The van der Waals surface area contributed by atoms with E-state index >= 15 is 0 Å². The van der Waals surface area contributed by atoms with Crippen molar-refractivity contribution in [3.8, 4) is 5.82 Å². The molecule has 1 atom stereocenters. The number of rotatable bonds is 6. The normalized spacial score (nSPS) is 12.3. The molecule has 3 rings (SSSR count). The van der Waals surface area contributed by atoms with Gasteiger partial charge < -0.3 is 5.32 Å². The fourth-order valence-corrected chi connectivity index (χ4v) is 2.45.